The van der Waals surface area contributed by atoms with Gasteiger partial charge in [0.15, 0.2) is 5.41 Å². The lowest BCUT2D eigenvalue weighted by Gasteiger charge is -2.22. The number of hydrogen-bond donors (Lipinski definition) is 1. The van der Waals surface area contributed by atoms with Crippen LogP contribution in [0.1, 0.15) is 16.7 Å². The monoisotopic (exact) mass is 264 g/mol. The SMILES string of the molecule is COC(=O)C1(C(=O)OC)Cc2cc(C)c(O)cc2C1. The summed E-state index contributed by atoms with van der Waals surface area (Å²) in [6, 6.07) is 3.39. The summed E-state index contributed by atoms with van der Waals surface area (Å²) >= 11 is 0. The Balaban J connectivity index is 2.47. The molecular formula is C14H16O5. The smallest absolute Gasteiger partial charge is 0.323 e. The normalized spacial score (nSPS) is 15.7. The van der Waals surface area contributed by atoms with Crippen LogP contribution in [0.15, 0.2) is 12.1 Å². The minimum atomic E-state index is -1.33. The average molecular weight is 264 g/mol. The molecule has 0 saturated heterocycles. The van der Waals surface area contributed by atoms with Crippen molar-refractivity contribution in [1.29, 1.82) is 0 Å². The fourth-order valence-corrected chi connectivity index (χ4v) is 2.60. The maximum absolute atomic E-state index is 12.0. The highest BCUT2D eigenvalue weighted by atomic mass is 16.5. The van der Waals surface area contributed by atoms with Crippen molar-refractivity contribution in [2.24, 2.45) is 5.41 Å². The zero-order valence-electron chi connectivity index (χ0n) is 11.1. The molecule has 2 rings (SSSR count). The molecule has 0 heterocycles. The van der Waals surface area contributed by atoms with Crippen LogP contribution in [0.4, 0.5) is 0 Å². The highest BCUT2D eigenvalue weighted by Crippen LogP contribution is 2.41. The number of phenolic OH excluding ortho intramolecular Hbond substituents is 1. The largest absolute Gasteiger partial charge is 0.508 e. The van der Waals surface area contributed by atoms with Gasteiger partial charge in [-0.2, -0.15) is 0 Å². The van der Waals surface area contributed by atoms with Crippen LogP contribution in [0.2, 0.25) is 0 Å². The Hall–Kier alpha value is -2.04. The van der Waals surface area contributed by atoms with Gasteiger partial charge in [-0.3, -0.25) is 9.59 Å². The Morgan fingerprint density at radius 3 is 2.05 bits per heavy atom. The van der Waals surface area contributed by atoms with Crippen molar-refractivity contribution in [3.63, 3.8) is 0 Å². The van der Waals surface area contributed by atoms with E-state index < -0.39 is 17.4 Å². The molecule has 0 bridgehead atoms. The van der Waals surface area contributed by atoms with E-state index >= 15 is 0 Å². The van der Waals surface area contributed by atoms with Gasteiger partial charge in [-0.1, -0.05) is 6.07 Å². The van der Waals surface area contributed by atoms with Gasteiger partial charge in [-0.25, -0.2) is 0 Å². The summed E-state index contributed by atoms with van der Waals surface area (Å²) in [6.07, 6.45) is 0.429. The van der Waals surface area contributed by atoms with Gasteiger partial charge in [-0.05, 0) is 42.5 Å². The zero-order chi connectivity index (χ0) is 14.2. The van der Waals surface area contributed by atoms with Gasteiger partial charge in [0.2, 0.25) is 0 Å². The maximum Gasteiger partial charge on any atom is 0.323 e. The van der Waals surface area contributed by atoms with Crippen LogP contribution < -0.4 is 0 Å². The molecule has 0 saturated carbocycles. The quantitative estimate of drug-likeness (QED) is 0.640. The number of methoxy groups -OCH3 is 2. The summed E-state index contributed by atoms with van der Waals surface area (Å²) in [5.41, 5.74) is 1.03. The highest BCUT2D eigenvalue weighted by molar-refractivity contribution is 6.01. The molecule has 5 heteroatoms. The van der Waals surface area contributed by atoms with E-state index in [-0.39, 0.29) is 18.6 Å². The second kappa shape index (κ2) is 4.57. The third kappa shape index (κ3) is 1.95. The third-order valence-corrected chi connectivity index (χ3v) is 3.65. The number of ether oxygens (including phenoxy) is 2. The van der Waals surface area contributed by atoms with Crippen molar-refractivity contribution in [3.8, 4) is 5.75 Å². The van der Waals surface area contributed by atoms with Gasteiger partial charge in [0.1, 0.15) is 5.75 Å². The number of fused-ring (bicyclic) bond motifs is 1. The van der Waals surface area contributed by atoms with E-state index in [1.165, 1.54) is 14.2 Å². The summed E-state index contributed by atoms with van der Waals surface area (Å²) in [5.74, 6) is -1.05. The topological polar surface area (TPSA) is 72.8 Å². The summed E-state index contributed by atoms with van der Waals surface area (Å²) in [4.78, 5) is 24.0. The molecule has 1 aromatic rings. The zero-order valence-corrected chi connectivity index (χ0v) is 11.1. The summed E-state index contributed by atoms with van der Waals surface area (Å²) < 4.78 is 9.50. The number of carbonyl (C=O) groups excluding carboxylic acids is 2. The molecule has 0 spiro atoms. The second-order valence-corrected chi connectivity index (χ2v) is 4.83. The van der Waals surface area contributed by atoms with Crippen molar-refractivity contribution >= 4 is 11.9 Å². The molecule has 0 amide bonds. The van der Waals surface area contributed by atoms with E-state index in [1.807, 2.05) is 0 Å². The molecule has 19 heavy (non-hydrogen) atoms. The van der Waals surface area contributed by atoms with Crippen molar-refractivity contribution < 1.29 is 24.2 Å². The Bertz CT molecular complexity index is 498. The van der Waals surface area contributed by atoms with Gasteiger partial charge in [-0.15, -0.1) is 0 Å². The molecule has 1 aliphatic carbocycles. The van der Waals surface area contributed by atoms with E-state index in [1.54, 1.807) is 19.1 Å². The molecule has 102 valence electrons. The molecule has 0 aliphatic heterocycles. The number of aromatic hydroxyl groups is 1. The number of hydrogen-bond acceptors (Lipinski definition) is 5. The number of rotatable bonds is 2. The van der Waals surface area contributed by atoms with Crippen LogP contribution >= 0.6 is 0 Å². The number of aryl methyl sites for hydroxylation is 1. The second-order valence-electron chi connectivity index (χ2n) is 4.83. The van der Waals surface area contributed by atoms with Crippen LogP contribution in [-0.4, -0.2) is 31.3 Å². The molecule has 0 aromatic heterocycles. The molecule has 1 aromatic carbocycles. The van der Waals surface area contributed by atoms with Crippen molar-refractivity contribution in [2.75, 3.05) is 14.2 Å². The lowest BCUT2D eigenvalue weighted by molar-refractivity contribution is -0.168. The number of benzene rings is 1. The first-order valence-corrected chi connectivity index (χ1v) is 5.93. The Morgan fingerprint density at radius 1 is 1.11 bits per heavy atom. The molecular weight excluding hydrogens is 248 g/mol. The summed E-state index contributed by atoms with van der Waals surface area (Å²) in [7, 11) is 2.50. The minimum absolute atomic E-state index is 0.157. The standard InChI is InChI=1S/C14H16O5/c1-8-4-9-6-14(12(16)18-2,13(17)19-3)7-10(9)5-11(8)15/h4-5,15H,6-7H2,1-3H3. The number of phenols is 1. The molecule has 5 nitrogen and oxygen atoms in total. The van der Waals surface area contributed by atoms with Crippen molar-refractivity contribution in [1.82, 2.24) is 0 Å². The third-order valence-electron chi connectivity index (χ3n) is 3.65. The highest BCUT2D eigenvalue weighted by Gasteiger charge is 2.52. The van der Waals surface area contributed by atoms with Crippen molar-refractivity contribution in [3.05, 3.63) is 28.8 Å². The van der Waals surface area contributed by atoms with Crippen LogP contribution in [0, 0.1) is 12.3 Å². The van der Waals surface area contributed by atoms with Crippen LogP contribution in [0.25, 0.3) is 0 Å². The first-order chi connectivity index (χ1) is 8.94. The van der Waals surface area contributed by atoms with Crippen molar-refractivity contribution in [2.45, 2.75) is 19.8 Å². The average Bonchev–Trinajstić information content (AvgIpc) is 2.77. The first-order valence-electron chi connectivity index (χ1n) is 5.93. The molecule has 1 aliphatic rings. The molecule has 1 N–H and O–H groups in total. The Labute approximate surface area is 111 Å². The van der Waals surface area contributed by atoms with Gasteiger partial charge >= 0.3 is 11.9 Å². The first kappa shape index (κ1) is 13.4. The number of esters is 2. The molecule has 0 radical (unpaired) electrons. The lowest BCUT2D eigenvalue weighted by Crippen LogP contribution is -2.42. The van der Waals surface area contributed by atoms with Gasteiger partial charge < -0.3 is 14.6 Å². The Morgan fingerprint density at radius 2 is 1.58 bits per heavy atom. The molecule has 0 unspecified atom stereocenters. The van der Waals surface area contributed by atoms with E-state index in [0.29, 0.717) is 5.56 Å². The van der Waals surface area contributed by atoms with Gasteiger partial charge in [0.25, 0.3) is 0 Å². The number of carbonyl (C=O) groups is 2. The van der Waals surface area contributed by atoms with Crippen LogP contribution in [0.3, 0.4) is 0 Å². The summed E-state index contributed by atoms with van der Waals surface area (Å²) in [6.45, 7) is 1.77. The van der Waals surface area contributed by atoms with E-state index in [4.69, 9.17) is 9.47 Å². The summed E-state index contributed by atoms with van der Waals surface area (Å²) in [5, 5.41) is 9.71. The predicted molar refractivity (Wildman–Crippen MR) is 66.7 cm³/mol. The van der Waals surface area contributed by atoms with E-state index in [9.17, 15) is 14.7 Å². The maximum atomic E-state index is 12.0. The van der Waals surface area contributed by atoms with Crippen LogP contribution in [0.5, 0.6) is 5.75 Å². The molecule has 0 atom stereocenters. The van der Waals surface area contributed by atoms with E-state index in [2.05, 4.69) is 0 Å². The van der Waals surface area contributed by atoms with Crippen LogP contribution in [-0.2, 0) is 31.9 Å². The predicted octanol–water partition coefficient (Wildman–Crippen LogP) is 1.13. The fraction of sp³-hybridized carbons (Fsp3) is 0.429. The Kier molecular flexibility index (Phi) is 3.22. The minimum Gasteiger partial charge on any atom is -0.508 e. The van der Waals surface area contributed by atoms with Gasteiger partial charge in [0.05, 0.1) is 14.2 Å². The fourth-order valence-electron chi connectivity index (χ4n) is 2.60. The molecule has 0 fully saturated rings. The van der Waals surface area contributed by atoms with Gasteiger partial charge in [0, 0.05) is 0 Å². The van der Waals surface area contributed by atoms with E-state index in [0.717, 1.165) is 11.1 Å². The lowest BCUT2D eigenvalue weighted by atomic mass is 9.85.